The van der Waals surface area contributed by atoms with Crippen LogP contribution in [0.15, 0.2) is 36.5 Å². The molecule has 0 bridgehead atoms. The molecular formula is C18H17F2N3O2. The van der Waals surface area contributed by atoms with E-state index in [1.54, 1.807) is 22.9 Å². The molecule has 1 aromatic carbocycles. The van der Waals surface area contributed by atoms with E-state index in [2.05, 4.69) is 28.7 Å². The van der Waals surface area contributed by atoms with E-state index in [0.717, 1.165) is 11.8 Å². The van der Waals surface area contributed by atoms with Gasteiger partial charge in [-0.15, -0.1) is 0 Å². The van der Waals surface area contributed by atoms with Crippen molar-refractivity contribution >= 4 is 17.3 Å². The molecule has 0 aliphatic carbocycles. The molecule has 3 rings (SSSR count). The summed E-state index contributed by atoms with van der Waals surface area (Å²) < 4.78 is 31.2. The molecule has 0 unspecified atom stereocenters. The van der Waals surface area contributed by atoms with Crippen LogP contribution in [-0.2, 0) is 6.54 Å². The molecule has 0 aliphatic heterocycles. The third kappa shape index (κ3) is 3.65. The van der Waals surface area contributed by atoms with E-state index in [-0.39, 0.29) is 5.75 Å². The van der Waals surface area contributed by atoms with Gasteiger partial charge in [0.2, 0.25) is 0 Å². The molecule has 5 nitrogen and oxygen atoms in total. The van der Waals surface area contributed by atoms with Crippen molar-refractivity contribution in [1.29, 1.82) is 0 Å². The van der Waals surface area contributed by atoms with Crippen molar-refractivity contribution in [3.8, 4) is 17.0 Å². The molecule has 0 saturated heterocycles. The average Bonchev–Trinajstić information content (AvgIpc) is 2.91. The van der Waals surface area contributed by atoms with Crippen LogP contribution >= 0.6 is 0 Å². The predicted octanol–water partition coefficient (Wildman–Crippen LogP) is 4.17. The Kier molecular flexibility index (Phi) is 4.74. The zero-order chi connectivity index (χ0) is 18.0. The lowest BCUT2D eigenvalue weighted by atomic mass is 10.1. The first-order chi connectivity index (χ1) is 12.0. The molecule has 0 fully saturated rings. The average molecular weight is 345 g/mol. The molecule has 2 aromatic heterocycles. The van der Waals surface area contributed by atoms with Gasteiger partial charge in [-0.3, -0.25) is 14.5 Å². The smallest absolute Gasteiger partial charge is 0.387 e. The summed E-state index contributed by atoms with van der Waals surface area (Å²) in [5.74, 6) is 0.396. The number of carbonyl (C=O) groups excluding carboxylic acids is 1. The number of aromatic nitrogens is 3. The van der Waals surface area contributed by atoms with E-state index in [1.165, 1.54) is 18.3 Å². The summed E-state index contributed by atoms with van der Waals surface area (Å²) in [5, 5.41) is 4.59. The van der Waals surface area contributed by atoms with E-state index in [4.69, 9.17) is 0 Å². The molecule has 7 heteroatoms. The highest BCUT2D eigenvalue weighted by Gasteiger charge is 2.16. The normalized spacial score (nSPS) is 11.4. The quantitative estimate of drug-likeness (QED) is 0.629. The van der Waals surface area contributed by atoms with Crippen LogP contribution in [0.5, 0.6) is 5.75 Å². The van der Waals surface area contributed by atoms with Crippen molar-refractivity contribution in [1.82, 2.24) is 14.8 Å². The van der Waals surface area contributed by atoms with Crippen LogP contribution in [0.25, 0.3) is 22.3 Å². The van der Waals surface area contributed by atoms with E-state index in [9.17, 15) is 13.6 Å². The highest BCUT2D eigenvalue weighted by molar-refractivity contribution is 5.92. The number of halogens is 2. The van der Waals surface area contributed by atoms with E-state index in [0.29, 0.717) is 34.8 Å². The van der Waals surface area contributed by atoms with Gasteiger partial charge in [0, 0.05) is 23.9 Å². The van der Waals surface area contributed by atoms with Gasteiger partial charge in [0.1, 0.15) is 17.0 Å². The van der Waals surface area contributed by atoms with Crippen LogP contribution in [0.2, 0.25) is 0 Å². The number of fused-ring (bicyclic) bond motifs is 1. The van der Waals surface area contributed by atoms with Crippen molar-refractivity contribution in [3.05, 3.63) is 42.1 Å². The molecule has 0 amide bonds. The Bertz CT molecular complexity index is 906. The summed E-state index contributed by atoms with van der Waals surface area (Å²) in [5.41, 5.74) is 2.98. The number of carbonyl (C=O) groups is 1. The third-order valence-corrected chi connectivity index (χ3v) is 3.62. The number of ether oxygens (including phenoxy) is 1. The summed E-state index contributed by atoms with van der Waals surface area (Å²) in [4.78, 5) is 15.4. The van der Waals surface area contributed by atoms with Gasteiger partial charge in [-0.1, -0.05) is 26.0 Å². The van der Waals surface area contributed by atoms with Gasteiger partial charge in [-0.2, -0.15) is 13.9 Å². The second-order valence-electron chi connectivity index (χ2n) is 6.09. The maximum Gasteiger partial charge on any atom is 0.387 e. The van der Waals surface area contributed by atoms with E-state index >= 15 is 0 Å². The molecule has 2 heterocycles. The number of benzene rings is 1. The maximum absolute atomic E-state index is 12.5. The first kappa shape index (κ1) is 17.0. The standard InChI is InChI=1S/C18H17F2N3O2/c1-11(2)9-23-15-6-12(10-24)8-21-17(15)16(22-23)13-4-3-5-14(7-13)25-18(19)20/h3-8,10-11,18H,9H2,1-2H3. The Morgan fingerprint density at radius 1 is 1.28 bits per heavy atom. The number of aldehydes is 1. The topological polar surface area (TPSA) is 57.0 Å². The van der Waals surface area contributed by atoms with Crippen molar-refractivity contribution in [2.45, 2.75) is 27.0 Å². The fourth-order valence-electron chi connectivity index (χ4n) is 2.63. The molecule has 0 radical (unpaired) electrons. The minimum absolute atomic E-state index is 0.0589. The summed E-state index contributed by atoms with van der Waals surface area (Å²) in [7, 11) is 0. The zero-order valence-corrected chi connectivity index (χ0v) is 13.8. The van der Waals surface area contributed by atoms with Gasteiger partial charge in [0.15, 0.2) is 6.29 Å². The van der Waals surface area contributed by atoms with Gasteiger partial charge in [-0.05, 0) is 24.1 Å². The predicted molar refractivity (Wildman–Crippen MR) is 89.8 cm³/mol. The van der Waals surface area contributed by atoms with Crippen LogP contribution in [-0.4, -0.2) is 27.7 Å². The number of pyridine rings is 1. The highest BCUT2D eigenvalue weighted by Crippen LogP contribution is 2.30. The summed E-state index contributed by atoms with van der Waals surface area (Å²) >= 11 is 0. The Morgan fingerprint density at radius 3 is 2.76 bits per heavy atom. The van der Waals surface area contributed by atoms with Gasteiger partial charge < -0.3 is 4.74 Å². The SMILES string of the molecule is CC(C)Cn1nc(-c2cccc(OC(F)F)c2)c2ncc(C=O)cc21. The molecule has 25 heavy (non-hydrogen) atoms. The fraction of sp³-hybridized carbons (Fsp3) is 0.278. The second kappa shape index (κ2) is 6.96. The Morgan fingerprint density at radius 2 is 2.08 bits per heavy atom. The lowest BCUT2D eigenvalue weighted by Crippen LogP contribution is -2.06. The fourth-order valence-corrected chi connectivity index (χ4v) is 2.63. The van der Waals surface area contributed by atoms with Crippen molar-refractivity contribution < 1.29 is 18.3 Å². The molecule has 0 N–H and O–H groups in total. The summed E-state index contributed by atoms with van der Waals surface area (Å²) in [6, 6.07) is 8.08. The third-order valence-electron chi connectivity index (χ3n) is 3.62. The van der Waals surface area contributed by atoms with Gasteiger partial charge in [0.05, 0.1) is 5.52 Å². The number of nitrogens with zero attached hydrogens (tertiary/aromatic N) is 3. The molecular weight excluding hydrogens is 328 g/mol. The summed E-state index contributed by atoms with van der Waals surface area (Å²) in [6.45, 7) is 1.87. The van der Waals surface area contributed by atoms with Crippen LogP contribution in [0.4, 0.5) is 8.78 Å². The van der Waals surface area contributed by atoms with E-state index < -0.39 is 6.61 Å². The Balaban J connectivity index is 2.14. The maximum atomic E-state index is 12.5. The number of hydrogen-bond donors (Lipinski definition) is 0. The number of hydrogen-bond acceptors (Lipinski definition) is 4. The highest BCUT2D eigenvalue weighted by atomic mass is 19.3. The Labute approximate surface area is 143 Å². The molecule has 130 valence electrons. The molecule has 0 atom stereocenters. The molecule has 0 saturated carbocycles. The summed E-state index contributed by atoms with van der Waals surface area (Å²) in [6.07, 6.45) is 2.20. The van der Waals surface area contributed by atoms with Gasteiger partial charge in [-0.25, -0.2) is 0 Å². The second-order valence-corrected chi connectivity index (χ2v) is 6.09. The van der Waals surface area contributed by atoms with Crippen LogP contribution in [0.3, 0.4) is 0 Å². The number of rotatable bonds is 6. The molecule has 3 aromatic rings. The lowest BCUT2D eigenvalue weighted by Gasteiger charge is -2.06. The molecule has 0 spiro atoms. The minimum atomic E-state index is -2.89. The first-order valence-corrected chi connectivity index (χ1v) is 7.85. The monoisotopic (exact) mass is 345 g/mol. The lowest BCUT2D eigenvalue weighted by molar-refractivity contribution is -0.0498. The van der Waals surface area contributed by atoms with Crippen molar-refractivity contribution in [3.63, 3.8) is 0 Å². The van der Waals surface area contributed by atoms with Crippen molar-refractivity contribution in [2.24, 2.45) is 5.92 Å². The van der Waals surface area contributed by atoms with E-state index in [1.807, 2.05) is 0 Å². The van der Waals surface area contributed by atoms with Crippen LogP contribution in [0.1, 0.15) is 24.2 Å². The van der Waals surface area contributed by atoms with Gasteiger partial charge >= 0.3 is 6.61 Å². The first-order valence-electron chi connectivity index (χ1n) is 7.85. The van der Waals surface area contributed by atoms with Gasteiger partial charge in [0.25, 0.3) is 0 Å². The largest absolute Gasteiger partial charge is 0.435 e. The van der Waals surface area contributed by atoms with Crippen LogP contribution < -0.4 is 4.74 Å². The zero-order valence-electron chi connectivity index (χ0n) is 13.8. The number of alkyl halides is 2. The molecule has 0 aliphatic rings. The van der Waals surface area contributed by atoms with Crippen molar-refractivity contribution in [2.75, 3.05) is 0 Å². The van der Waals surface area contributed by atoms with Crippen LogP contribution in [0, 0.1) is 5.92 Å². The minimum Gasteiger partial charge on any atom is -0.435 e. The Hall–Kier alpha value is -2.83.